The molecule has 2 amide bonds. The molecule has 0 heterocycles. The topological polar surface area (TPSA) is 85.9 Å². The predicted molar refractivity (Wildman–Crippen MR) is 113 cm³/mol. The molecule has 0 unspecified atom stereocenters. The standard InChI is InChI=1S/C22H28N2O5/c1-15(2)13-27-21(25)23-17-5-9-19(10-6-17)29-20-11-7-18(8-12-20)24-22(26)28-14-16(3)4/h5-12,15-16H,13-14H2,1-4H3,(H,23,25)(H,24,26). The third-order valence-corrected chi connectivity index (χ3v) is 3.53. The number of nitrogens with one attached hydrogen (secondary N) is 2. The van der Waals surface area contributed by atoms with E-state index in [0.29, 0.717) is 36.1 Å². The summed E-state index contributed by atoms with van der Waals surface area (Å²) in [5.41, 5.74) is 1.23. The molecule has 29 heavy (non-hydrogen) atoms. The average molecular weight is 400 g/mol. The van der Waals surface area contributed by atoms with Crippen molar-refractivity contribution in [1.82, 2.24) is 0 Å². The number of carbonyl (C=O) groups is 2. The van der Waals surface area contributed by atoms with Crippen molar-refractivity contribution in [2.45, 2.75) is 27.7 Å². The number of amides is 2. The minimum absolute atomic E-state index is 0.281. The summed E-state index contributed by atoms with van der Waals surface area (Å²) in [4.78, 5) is 23.3. The largest absolute Gasteiger partial charge is 0.457 e. The molecule has 7 heteroatoms. The Kier molecular flexibility index (Phi) is 8.33. The highest BCUT2D eigenvalue weighted by molar-refractivity contribution is 5.85. The van der Waals surface area contributed by atoms with Crippen LogP contribution < -0.4 is 15.4 Å². The second-order valence-corrected chi connectivity index (χ2v) is 7.39. The molecule has 0 aliphatic carbocycles. The van der Waals surface area contributed by atoms with Crippen molar-refractivity contribution in [1.29, 1.82) is 0 Å². The lowest BCUT2D eigenvalue weighted by Gasteiger charge is -2.11. The van der Waals surface area contributed by atoms with Gasteiger partial charge in [0.15, 0.2) is 0 Å². The maximum atomic E-state index is 11.7. The first-order valence-corrected chi connectivity index (χ1v) is 9.57. The predicted octanol–water partition coefficient (Wildman–Crippen LogP) is 5.89. The van der Waals surface area contributed by atoms with E-state index in [9.17, 15) is 9.59 Å². The highest BCUT2D eigenvalue weighted by atomic mass is 16.6. The first-order chi connectivity index (χ1) is 13.8. The molecule has 0 spiro atoms. The molecule has 2 aromatic carbocycles. The molecule has 0 atom stereocenters. The minimum Gasteiger partial charge on any atom is -0.457 e. The van der Waals surface area contributed by atoms with Crippen molar-refractivity contribution in [3.63, 3.8) is 0 Å². The fraction of sp³-hybridized carbons (Fsp3) is 0.364. The van der Waals surface area contributed by atoms with Crippen LogP contribution >= 0.6 is 0 Å². The number of ether oxygens (including phenoxy) is 3. The quantitative estimate of drug-likeness (QED) is 0.577. The lowest BCUT2D eigenvalue weighted by Crippen LogP contribution is -2.16. The van der Waals surface area contributed by atoms with E-state index in [1.807, 2.05) is 27.7 Å². The van der Waals surface area contributed by atoms with Gasteiger partial charge in [0.2, 0.25) is 0 Å². The zero-order chi connectivity index (χ0) is 21.2. The van der Waals surface area contributed by atoms with Crippen molar-refractivity contribution >= 4 is 23.6 Å². The first-order valence-electron chi connectivity index (χ1n) is 9.57. The number of anilines is 2. The van der Waals surface area contributed by atoms with Crippen LogP contribution in [-0.2, 0) is 9.47 Å². The van der Waals surface area contributed by atoms with E-state index >= 15 is 0 Å². The van der Waals surface area contributed by atoms with E-state index in [-0.39, 0.29) is 11.8 Å². The van der Waals surface area contributed by atoms with Crippen molar-refractivity contribution in [2.75, 3.05) is 23.8 Å². The maximum absolute atomic E-state index is 11.7. The summed E-state index contributed by atoms with van der Waals surface area (Å²) < 4.78 is 15.9. The molecule has 0 aromatic heterocycles. The number of benzene rings is 2. The molecule has 0 fully saturated rings. The second-order valence-electron chi connectivity index (χ2n) is 7.39. The molecular weight excluding hydrogens is 372 g/mol. The maximum Gasteiger partial charge on any atom is 0.411 e. The number of hydrogen-bond donors (Lipinski definition) is 2. The minimum atomic E-state index is -0.484. The highest BCUT2D eigenvalue weighted by Crippen LogP contribution is 2.24. The lowest BCUT2D eigenvalue weighted by molar-refractivity contribution is 0.147. The Morgan fingerprint density at radius 1 is 0.690 bits per heavy atom. The molecule has 7 nitrogen and oxygen atoms in total. The molecule has 2 rings (SSSR count). The average Bonchev–Trinajstić information content (AvgIpc) is 2.68. The van der Waals surface area contributed by atoms with Crippen LogP contribution in [-0.4, -0.2) is 25.4 Å². The molecule has 0 saturated carbocycles. The van der Waals surface area contributed by atoms with E-state index in [2.05, 4.69) is 10.6 Å². The van der Waals surface area contributed by atoms with Gasteiger partial charge in [-0.2, -0.15) is 0 Å². The van der Waals surface area contributed by atoms with Crippen molar-refractivity contribution in [2.24, 2.45) is 11.8 Å². The summed E-state index contributed by atoms with van der Waals surface area (Å²) in [5, 5.41) is 5.32. The summed E-state index contributed by atoms with van der Waals surface area (Å²) in [6.07, 6.45) is -0.968. The molecule has 2 N–H and O–H groups in total. The first kappa shape index (κ1) is 22.1. The second kappa shape index (κ2) is 10.9. The Labute approximate surface area is 171 Å². The van der Waals surface area contributed by atoms with Gasteiger partial charge in [-0.1, -0.05) is 27.7 Å². The normalized spacial score (nSPS) is 10.6. The fourth-order valence-electron chi connectivity index (χ4n) is 2.14. The number of carbonyl (C=O) groups excluding carboxylic acids is 2. The van der Waals surface area contributed by atoms with Gasteiger partial charge < -0.3 is 14.2 Å². The van der Waals surface area contributed by atoms with Crippen molar-refractivity contribution in [3.8, 4) is 11.5 Å². The summed E-state index contributed by atoms with van der Waals surface area (Å²) >= 11 is 0. The molecule has 0 saturated heterocycles. The van der Waals surface area contributed by atoms with Gasteiger partial charge in [-0.3, -0.25) is 10.6 Å². The van der Waals surface area contributed by atoms with Gasteiger partial charge in [0, 0.05) is 11.4 Å². The Morgan fingerprint density at radius 2 is 1.03 bits per heavy atom. The number of rotatable bonds is 8. The van der Waals surface area contributed by atoms with Crippen molar-refractivity contribution in [3.05, 3.63) is 48.5 Å². The lowest BCUT2D eigenvalue weighted by atomic mass is 10.2. The Bertz CT molecular complexity index is 718. The van der Waals surface area contributed by atoms with E-state index in [4.69, 9.17) is 14.2 Å². The zero-order valence-electron chi connectivity index (χ0n) is 17.2. The van der Waals surface area contributed by atoms with Crippen LogP contribution in [0.4, 0.5) is 21.0 Å². The SMILES string of the molecule is CC(C)COC(=O)Nc1ccc(Oc2ccc(NC(=O)OCC(C)C)cc2)cc1. The smallest absolute Gasteiger partial charge is 0.411 e. The van der Waals surface area contributed by atoms with E-state index in [1.54, 1.807) is 48.5 Å². The van der Waals surface area contributed by atoms with Crippen LogP contribution in [0.3, 0.4) is 0 Å². The summed E-state index contributed by atoms with van der Waals surface area (Å²) in [7, 11) is 0. The fourth-order valence-corrected chi connectivity index (χ4v) is 2.14. The zero-order valence-corrected chi connectivity index (χ0v) is 17.2. The third-order valence-electron chi connectivity index (χ3n) is 3.53. The van der Waals surface area contributed by atoms with Gasteiger partial charge in [-0.25, -0.2) is 9.59 Å². The van der Waals surface area contributed by atoms with Gasteiger partial charge in [-0.05, 0) is 60.4 Å². The van der Waals surface area contributed by atoms with Gasteiger partial charge in [0.25, 0.3) is 0 Å². The Morgan fingerprint density at radius 3 is 1.34 bits per heavy atom. The highest BCUT2D eigenvalue weighted by Gasteiger charge is 2.07. The monoisotopic (exact) mass is 400 g/mol. The van der Waals surface area contributed by atoms with Gasteiger partial charge in [0.05, 0.1) is 13.2 Å². The molecular formula is C22H28N2O5. The molecule has 0 aliphatic heterocycles. The van der Waals surface area contributed by atoms with Crippen LogP contribution in [0.15, 0.2) is 48.5 Å². The summed E-state index contributed by atoms with van der Waals surface area (Å²) in [6.45, 7) is 8.63. The van der Waals surface area contributed by atoms with E-state index in [0.717, 1.165) is 0 Å². The Balaban J connectivity index is 1.83. The molecule has 0 bridgehead atoms. The molecule has 2 aromatic rings. The van der Waals surface area contributed by atoms with Crippen LogP contribution in [0.1, 0.15) is 27.7 Å². The van der Waals surface area contributed by atoms with Crippen LogP contribution in [0.25, 0.3) is 0 Å². The molecule has 156 valence electrons. The van der Waals surface area contributed by atoms with Gasteiger partial charge in [-0.15, -0.1) is 0 Å². The summed E-state index contributed by atoms with van der Waals surface area (Å²) in [5.74, 6) is 1.79. The third kappa shape index (κ3) is 8.55. The van der Waals surface area contributed by atoms with Gasteiger partial charge in [0.1, 0.15) is 11.5 Å². The summed E-state index contributed by atoms with van der Waals surface area (Å²) in [6, 6.07) is 13.9. The number of hydrogen-bond acceptors (Lipinski definition) is 5. The van der Waals surface area contributed by atoms with E-state index in [1.165, 1.54) is 0 Å². The van der Waals surface area contributed by atoms with Crippen LogP contribution in [0.5, 0.6) is 11.5 Å². The Hall–Kier alpha value is -3.22. The van der Waals surface area contributed by atoms with Crippen LogP contribution in [0, 0.1) is 11.8 Å². The van der Waals surface area contributed by atoms with E-state index < -0.39 is 12.2 Å². The van der Waals surface area contributed by atoms with Crippen molar-refractivity contribution < 1.29 is 23.8 Å². The van der Waals surface area contributed by atoms with Gasteiger partial charge >= 0.3 is 12.2 Å². The van der Waals surface area contributed by atoms with Crippen LogP contribution in [0.2, 0.25) is 0 Å². The molecule has 0 radical (unpaired) electrons. The molecule has 0 aliphatic rings.